The second-order valence-corrected chi connectivity index (χ2v) is 9.28. The van der Waals surface area contributed by atoms with Crippen LogP contribution >= 0.6 is 0 Å². The SMILES string of the molecule is C#CC[Si](OCCN(CC)CC)(OCCN(CC)CC)OCCN(CC)CC. The minimum absolute atomic E-state index is 0.418. The number of hydrogen-bond acceptors (Lipinski definition) is 6. The van der Waals surface area contributed by atoms with Gasteiger partial charge in [-0.1, -0.05) is 41.5 Å². The molecule has 0 saturated carbocycles. The highest BCUT2D eigenvalue weighted by Gasteiger charge is 2.41. The first-order chi connectivity index (χ1) is 13.5. The molecule has 6 nitrogen and oxygen atoms in total. The van der Waals surface area contributed by atoms with Gasteiger partial charge in [0.2, 0.25) is 0 Å². The van der Waals surface area contributed by atoms with Crippen LogP contribution in [-0.2, 0) is 13.3 Å². The molecule has 0 aliphatic rings. The van der Waals surface area contributed by atoms with Gasteiger partial charge in [-0.05, 0) is 39.3 Å². The summed E-state index contributed by atoms with van der Waals surface area (Å²) in [6, 6.07) is 0.418. The van der Waals surface area contributed by atoms with Crippen LogP contribution < -0.4 is 0 Å². The van der Waals surface area contributed by atoms with E-state index >= 15 is 0 Å². The molecule has 0 atom stereocenters. The van der Waals surface area contributed by atoms with Crippen molar-refractivity contribution in [2.75, 3.05) is 78.7 Å². The van der Waals surface area contributed by atoms with Gasteiger partial charge in [-0.25, -0.2) is 0 Å². The van der Waals surface area contributed by atoms with Crippen molar-refractivity contribution in [3.05, 3.63) is 0 Å². The fraction of sp³-hybridized carbons (Fsp3) is 0.905. The fourth-order valence-corrected chi connectivity index (χ4v) is 5.03. The van der Waals surface area contributed by atoms with Gasteiger partial charge >= 0.3 is 8.80 Å². The standard InChI is InChI=1S/C21H45N3O3Si/c1-8-21-28(25-18-15-22(9-2)10-3,26-19-16-23(11-4)12-5)27-20-17-24(13-6)14-7/h1H,9-21H2,2-7H3. The second kappa shape index (κ2) is 17.4. The minimum atomic E-state index is -2.89. The van der Waals surface area contributed by atoms with Crippen molar-refractivity contribution in [2.45, 2.75) is 47.6 Å². The molecule has 28 heavy (non-hydrogen) atoms. The smallest absolute Gasteiger partial charge is 0.372 e. The van der Waals surface area contributed by atoms with E-state index in [1.54, 1.807) is 0 Å². The van der Waals surface area contributed by atoms with Crippen LogP contribution in [-0.4, -0.2) is 102 Å². The van der Waals surface area contributed by atoms with Gasteiger partial charge in [0.25, 0.3) is 0 Å². The molecule has 0 aliphatic heterocycles. The van der Waals surface area contributed by atoms with Gasteiger partial charge in [0.05, 0.1) is 25.9 Å². The predicted octanol–water partition coefficient (Wildman–Crippen LogP) is 2.63. The first-order valence-electron chi connectivity index (χ1n) is 11.1. The zero-order valence-corrected chi connectivity index (χ0v) is 20.3. The zero-order chi connectivity index (χ0) is 21.3. The summed E-state index contributed by atoms with van der Waals surface area (Å²) in [5, 5.41) is 0. The molecule has 7 heteroatoms. The van der Waals surface area contributed by atoms with Crippen molar-refractivity contribution in [1.82, 2.24) is 14.7 Å². The van der Waals surface area contributed by atoms with Gasteiger partial charge in [0.15, 0.2) is 0 Å². The maximum atomic E-state index is 6.28. The molecule has 0 aromatic carbocycles. The summed E-state index contributed by atoms with van der Waals surface area (Å²) in [6.45, 7) is 23.4. The van der Waals surface area contributed by atoms with Crippen LogP contribution in [0.25, 0.3) is 0 Å². The highest BCUT2D eigenvalue weighted by atomic mass is 28.4. The van der Waals surface area contributed by atoms with Gasteiger partial charge in [-0.2, -0.15) is 0 Å². The Labute approximate surface area is 175 Å². The molecule has 0 N–H and O–H groups in total. The third kappa shape index (κ3) is 11.5. The highest BCUT2D eigenvalue weighted by molar-refractivity contribution is 6.61. The van der Waals surface area contributed by atoms with Crippen LogP contribution in [0, 0.1) is 12.3 Å². The first kappa shape index (κ1) is 27.5. The number of hydrogen-bond donors (Lipinski definition) is 0. The number of terminal acetylenes is 1. The Morgan fingerprint density at radius 3 is 1.11 bits per heavy atom. The maximum absolute atomic E-state index is 6.28. The topological polar surface area (TPSA) is 37.4 Å². The molecule has 0 amide bonds. The van der Waals surface area contributed by atoms with Crippen molar-refractivity contribution < 1.29 is 13.3 Å². The molecule has 0 spiro atoms. The van der Waals surface area contributed by atoms with Crippen LogP contribution in [0.4, 0.5) is 0 Å². The molecule has 166 valence electrons. The van der Waals surface area contributed by atoms with E-state index in [1.165, 1.54) is 0 Å². The maximum Gasteiger partial charge on any atom is 0.513 e. The number of likely N-dealkylation sites (N-methyl/N-ethyl adjacent to an activating group) is 3. The molecule has 0 radical (unpaired) electrons. The van der Waals surface area contributed by atoms with Crippen LogP contribution in [0.2, 0.25) is 6.04 Å². The first-order valence-corrected chi connectivity index (χ1v) is 13.0. The second-order valence-electron chi connectivity index (χ2n) is 6.69. The van der Waals surface area contributed by atoms with Crippen LogP contribution in [0.3, 0.4) is 0 Å². The normalized spacial score (nSPS) is 12.3. The molecule has 0 fully saturated rings. The predicted molar refractivity (Wildman–Crippen MR) is 121 cm³/mol. The highest BCUT2D eigenvalue weighted by Crippen LogP contribution is 2.16. The monoisotopic (exact) mass is 415 g/mol. The lowest BCUT2D eigenvalue weighted by Gasteiger charge is -2.31. The largest absolute Gasteiger partial charge is 0.513 e. The van der Waals surface area contributed by atoms with Crippen LogP contribution in [0.1, 0.15) is 41.5 Å². The summed E-state index contributed by atoms with van der Waals surface area (Å²) < 4.78 is 18.8. The lowest BCUT2D eigenvalue weighted by molar-refractivity contribution is 0.0432. The third-order valence-electron chi connectivity index (χ3n) is 5.19. The van der Waals surface area contributed by atoms with Gasteiger partial charge in [-0.15, -0.1) is 12.3 Å². The summed E-state index contributed by atoms with van der Waals surface area (Å²) in [5.74, 6) is 2.75. The fourth-order valence-electron chi connectivity index (χ4n) is 3.01. The van der Waals surface area contributed by atoms with Crippen molar-refractivity contribution in [3.8, 4) is 12.3 Å². The number of rotatable bonds is 19. The van der Waals surface area contributed by atoms with E-state index in [4.69, 9.17) is 19.7 Å². The van der Waals surface area contributed by atoms with E-state index in [1.807, 2.05) is 0 Å². The summed E-state index contributed by atoms with van der Waals surface area (Å²) in [4.78, 5) is 7.00. The lowest BCUT2D eigenvalue weighted by Crippen LogP contribution is -2.49. The summed E-state index contributed by atoms with van der Waals surface area (Å²) in [5.41, 5.74) is 0. The van der Waals surface area contributed by atoms with Gasteiger partial charge < -0.3 is 28.0 Å². The zero-order valence-electron chi connectivity index (χ0n) is 19.3. The van der Waals surface area contributed by atoms with Crippen molar-refractivity contribution in [1.29, 1.82) is 0 Å². The summed E-state index contributed by atoms with van der Waals surface area (Å²) >= 11 is 0. The Kier molecular flexibility index (Phi) is 17.1. The summed E-state index contributed by atoms with van der Waals surface area (Å²) in [6.07, 6.45) is 5.68. The Bertz CT molecular complexity index is 349. The number of nitrogens with zero attached hydrogens (tertiary/aromatic N) is 3. The molecule has 0 bridgehead atoms. The van der Waals surface area contributed by atoms with E-state index in [0.29, 0.717) is 25.9 Å². The molecule has 0 unspecified atom stereocenters. The quantitative estimate of drug-likeness (QED) is 0.238. The third-order valence-corrected chi connectivity index (χ3v) is 7.76. The summed E-state index contributed by atoms with van der Waals surface area (Å²) in [7, 11) is -2.89. The molecule has 0 aromatic rings. The lowest BCUT2D eigenvalue weighted by atomic mass is 10.5. The van der Waals surface area contributed by atoms with Gasteiger partial charge in [0, 0.05) is 19.6 Å². The Morgan fingerprint density at radius 1 is 0.607 bits per heavy atom. The van der Waals surface area contributed by atoms with E-state index in [2.05, 4.69) is 62.2 Å². The van der Waals surface area contributed by atoms with E-state index in [-0.39, 0.29) is 0 Å². The Morgan fingerprint density at radius 2 is 0.893 bits per heavy atom. The molecule has 0 heterocycles. The van der Waals surface area contributed by atoms with Crippen molar-refractivity contribution >= 4 is 8.80 Å². The van der Waals surface area contributed by atoms with Crippen LogP contribution in [0.15, 0.2) is 0 Å². The molecule has 0 aromatic heterocycles. The average molecular weight is 416 g/mol. The molecule has 0 rings (SSSR count). The Balaban J connectivity index is 4.94. The van der Waals surface area contributed by atoms with Crippen molar-refractivity contribution in [2.24, 2.45) is 0 Å². The Hall–Kier alpha value is -0.463. The van der Waals surface area contributed by atoms with E-state index in [0.717, 1.165) is 58.9 Å². The van der Waals surface area contributed by atoms with E-state index in [9.17, 15) is 0 Å². The van der Waals surface area contributed by atoms with Crippen LogP contribution in [0.5, 0.6) is 0 Å². The average Bonchev–Trinajstić information content (AvgIpc) is 2.72. The van der Waals surface area contributed by atoms with Gasteiger partial charge in [0.1, 0.15) is 0 Å². The molecule has 0 aliphatic carbocycles. The minimum Gasteiger partial charge on any atom is -0.372 e. The molecular formula is C21H45N3O3Si. The van der Waals surface area contributed by atoms with Gasteiger partial charge in [-0.3, -0.25) is 0 Å². The van der Waals surface area contributed by atoms with E-state index < -0.39 is 8.80 Å². The van der Waals surface area contributed by atoms with Crippen molar-refractivity contribution in [3.63, 3.8) is 0 Å². The molecular weight excluding hydrogens is 370 g/mol. The molecule has 0 saturated heterocycles.